The van der Waals surface area contributed by atoms with Gasteiger partial charge in [-0.25, -0.2) is 8.42 Å². The predicted molar refractivity (Wildman–Crippen MR) is 118 cm³/mol. The third-order valence-corrected chi connectivity index (χ3v) is 7.92. The van der Waals surface area contributed by atoms with E-state index < -0.39 is 10.0 Å². The summed E-state index contributed by atoms with van der Waals surface area (Å²) in [4.78, 5) is 31.5. The Labute approximate surface area is 182 Å². The van der Waals surface area contributed by atoms with Gasteiger partial charge in [0.25, 0.3) is 0 Å². The van der Waals surface area contributed by atoms with Crippen LogP contribution in [-0.4, -0.2) is 73.6 Å². The van der Waals surface area contributed by atoms with Gasteiger partial charge in [0.15, 0.2) is 5.78 Å². The lowest BCUT2D eigenvalue weighted by Gasteiger charge is -2.33. The Morgan fingerprint density at radius 3 is 2.26 bits per heavy atom. The lowest BCUT2D eigenvalue weighted by molar-refractivity contribution is -0.117. The SMILES string of the molecule is Cc1cc(C(=O)CN2CCN(S(=O)(=O)c3ccc(N4CCCC4=O)cc3)CC2)c(C)[nH]1. The monoisotopic (exact) mass is 444 g/mol. The number of sulfonamides is 1. The molecular formula is C22H28N4O4S. The van der Waals surface area contributed by atoms with Crippen molar-refractivity contribution in [2.24, 2.45) is 0 Å². The number of aryl methyl sites for hydroxylation is 2. The molecule has 2 fully saturated rings. The molecule has 3 heterocycles. The molecule has 1 aromatic heterocycles. The molecule has 1 amide bonds. The number of aromatic amines is 1. The van der Waals surface area contributed by atoms with Crippen LogP contribution in [0.1, 0.15) is 34.6 Å². The van der Waals surface area contributed by atoms with Gasteiger partial charge in [-0.3, -0.25) is 14.5 Å². The summed E-state index contributed by atoms with van der Waals surface area (Å²) in [5.41, 5.74) is 3.25. The molecule has 1 aromatic carbocycles. The van der Waals surface area contributed by atoms with E-state index in [0.29, 0.717) is 44.7 Å². The van der Waals surface area contributed by atoms with Gasteiger partial charge in [-0.2, -0.15) is 4.31 Å². The van der Waals surface area contributed by atoms with E-state index in [1.54, 1.807) is 29.2 Å². The number of aromatic nitrogens is 1. The Kier molecular flexibility index (Phi) is 6.00. The van der Waals surface area contributed by atoms with Crippen LogP contribution in [0.4, 0.5) is 5.69 Å². The number of H-pyrrole nitrogens is 1. The molecule has 8 nitrogen and oxygen atoms in total. The molecule has 0 atom stereocenters. The number of rotatable bonds is 6. The van der Waals surface area contributed by atoms with Crippen molar-refractivity contribution in [2.75, 3.05) is 44.2 Å². The first-order valence-electron chi connectivity index (χ1n) is 10.6. The molecule has 2 saturated heterocycles. The molecular weight excluding hydrogens is 416 g/mol. The van der Waals surface area contributed by atoms with Crippen LogP contribution in [0, 0.1) is 13.8 Å². The number of hydrogen-bond acceptors (Lipinski definition) is 5. The van der Waals surface area contributed by atoms with E-state index in [9.17, 15) is 18.0 Å². The zero-order valence-electron chi connectivity index (χ0n) is 17.9. The number of Topliss-reactive ketones (excluding diaryl/α,β-unsaturated/α-hetero) is 1. The number of nitrogens with one attached hydrogen (secondary N) is 1. The van der Waals surface area contributed by atoms with Crippen LogP contribution in [0.2, 0.25) is 0 Å². The van der Waals surface area contributed by atoms with E-state index in [2.05, 4.69) is 4.98 Å². The number of ketones is 1. The summed E-state index contributed by atoms with van der Waals surface area (Å²) in [6, 6.07) is 8.41. The summed E-state index contributed by atoms with van der Waals surface area (Å²) in [5.74, 6) is 0.122. The van der Waals surface area contributed by atoms with Gasteiger partial charge in [0.2, 0.25) is 15.9 Å². The minimum Gasteiger partial charge on any atom is -0.362 e. The third-order valence-electron chi connectivity index (χ3n) is 6.01. The average molecular weight is 445 g/mol. The van der Waals surface area contributed by atoms with E-state index in [1.165, 1.54) is 4.31 Å². The second kappa shape index (κ2) is 8.57. The second-order valence-electron chi connectivity index (χ2n) is 8.24. The molecule has 2 aromatic rings. The van der Waals surface area contributed by atoms with Gasteiger partial charge in [-0.1, -0.05) is 0 Å². The minimum absolute atomic E-state index is 0.0465. The van der Waals surface area contributed by atoms with E-state index in [1.807, 2.05) is 24.8 Å². The number of amides is 1. The molecule has 0 aliphatic carbocycles. The van der Waals surface area contributed by atoms with Crippen molar-refractivity contribution in [2.45, 2.75) is 31.6 Å². The van der Waals surface area contributed by atoms with Crippen LogP contribution >= 0.6 is 0 Å². The van der Waals surface area contributed by atoms with Crippen molar-refractivity contribution in [3.63, 3.8) is 0 Å². The first-order valence-corrected chi connectivity index (χ1v) is 12.0. The first kappa shape index (κ1) is 21.7. The van der Waals surface area contributed by atoms with Crippen LogP contribution in [-0.2, 0) is 14.8 Å². The Morgan fingerprint density at radius 2 is 1.71 bits per heavy atom. The van der Waals surface area contributed by atoms with Crippen molar-refractivity contribution in [3.8, 4) is 0 Å². The van der Waals surface area contributed by atoms with Crippen molar-refractivity contribution < 1.29 is 18.0 Å². The van der Waals surface area contributed by atoms with Gasteiger partial charge in [0.05, 0.1) is 11.4 Å². The lowest BCUT2D eigenvalue weighted by atomic mass is 10.1. The molecule has 0 radical (unpaired) electrons. The largest absolute Gasteiger partial charge is 0.362 e. The maximum absolute atomic E-state index is 13.0. The number of anilines is 1. The predicted octanol–water partition coefficient (Wildman–Crippen LogP) is 1.95. The van der Waals surface area contributed by atoms with Crippen molar-refractivity contribution in [3.05, 3.63) is 47.3 Å². The molecule has 0 unspecified atom stereocenters. The number of carbonyl (C=O) groups is 2. The molecule has 166 valence electrons. The molecule has 1 N–H and O–H groups in total. The normalized spacial score (nSPS) is 18.6. The van der Waals surface area contributed by atoms with Gasteiger partial charge in [-0.15, -0.1) is 0 Å². The molecule has 0 bridgehead atoms. The summed E-state index contributed by atoms with van der Waals surface area (Å²) in [6.45, 7) is 6.46. The van der Waals surface area contributed by atoms with Crippen LogP contribution < -0.4 is 4.90 Å². The zero-order chi connectivity index (χ0) is 22.2. The molecule has 0 spiro atoms. The van der Waals surface area contributed by atoms with E-state index in [4.69, 9.17) is 0 Å². The fourth-order valence-electron chi connectivity index (χ4n) is 4.30. The standard InChI is InChI=1S/C22H28N4O4S/c1-16-14-20(17(2)23-16)21(27)15-24-10-12-25(13-11-24)31(29,30)19-7-5-18(6-8-19)26-9-3-4-22(26)28/h5-8,14,23H,3-4,9-13,15H2,1-2H3. The number of carbonyl (C=O) groups excluding carboxylic acids is 2. The molecule has 2 aliphatic heterocycles. The van der Waals surface area contributed by atoms with Crippen LogP contribution in [0.25, 0.3) is 0 Å². The number of nitrogens with zero attached hydrogens (tertiary/aromatic N) is 3. The first-order chi connectivity index (χ1) is 14.8. The van der Waals surface area contributed by atoms with Gasteiger partial charge >= 0.3 is 0 Å². The van der Waals surface area contributed by atoms with Crippen LogP contribution in [0.5, 0.6) is 0 Å². The Balaban J connectivity index is 1.37. The Bertz CT molecular complexity index is 1080. The maximum atomic E-state index is 13.0. The number of benzene rings is 1. The van der Waals surface area contributed by atoms with Crippen molar-refractivity contribution in [1.29, 1.82) is 0 Å². The summed E-state index contributed by atoms with van der Waals surface area (Å²) in [6.07, 6.45) is 1.37. The Morgan fingerprint density at radius 1 is 1.03 bits per heavy atom. The molecule has 4 rings (SSSR count). The number of piperazine rings is 1. The highest BCUT2D eigenvalue weighted by Crippen LogP contribution is 2.25. The van der Waals surface area contributed by atoms with Gasteiger partial charge in [0, 0.05) is 61.8 Å². The zero-order valence-corrected chi connectivity index (χ0v) is 18.7. The van der Waals surface area contributed by atoms with Crippen molar-refractivity contribution in [1.82, 2.24) is 14.2 Å². The molecule has 0 saturated carbocycles. The lowest BCUT2D eigenvalue weighted by Crippen LogP contribution is -2.49. The molecule has 2 aliphatic rings. The highest BCUT2D eigenvalue weighted by Gasteiger charge is 2.30. The van der Waals surface area contributed by atoms with Crippen LogP contribution in [0.3, 0.4) is 0 Å². The Hall–Kier alpha value is -2.49. The van der Waals surface area contributed by atoms with Crippen LogP contribution in [0.15, 0.2) is 35.2 Å². The fourth-order valence-corrected chi connectivity index (χ4v) is 5.72. The fraction of sp³-hybridized carbons (Fsp3) is 0.455. The van der Waals surface area contributed by atoms with E-state index in [0.717, 1.165) is 23.5 Å². The summed E-state index contributed by atoms with van der Waals surface area (Å²) in [7, 11) is -3.61. The van der Waals surface area contributed by atoms with Crippen molar-refractivity contribution >= 4 is 27.4 Å². The van der Waals surface area contributed by atoms with Gasteiger partial charge in [0.1, 0.15) is 0 Å². The quantitative estimate of drug-likeness (QED) is 0.688. The third kappa shape index (κ3) is 4.44. The van der Waals surface area contributed by atoms with Gasteiger partial charge in [-0.05, 0) is 50.6 Å². The topological polar surface area (TPSA) is 93.8 Å². The maximum Gasteiger partial charge on any atom is 0.243 e. The smallest absolute Gasteiger partial charge is 0.243 e. The highest BCUT2D eigenvalue weighted by atomic mass is 32.2. The average Bonchev–Trinajstić information content (AvgIpc) is 3.33. The van der Waals surface area contributed by atoms with E-state index >= 15 is 0 Å². The number of hydrogen-bond donors (Lipinski definition) is 1. The van der Waals surface area contributed by atoms with Gasteiger partial charge < -0.3 is 9.88 Å². The second-order valence-corrected chi connectivity index (χ2v) is 10.2. The van der Waals surface area contributed by atoms with E-state index in [-0.39, 0.29) is 23.1 Å². The summed E-state index contributed by atoms with van der Waals surface area (Å²) < 4.78 is 27.5. The summed E-state index contributed by atoms with van der Waals surface area (Å²) in [5, 5.41) is 0. The molecule has 9 heteroatoms. The molecule has 31 heavy (non-hydrogen) atoms. The summed E-state index contributed by atoms with van der Waals surface area (Å²) >= 11 is 0. The minimum atomic E-state index is -3.61. The highest BCUT2D eigenvalue weighted by molar-refractivity contribution is 7.89.